The maximum atomic E-state index is 12.2. The van der Waals surface area contributed by atoms with Crippen LogP contribution in [0.3, 0.4) is 0 Å². The molecule has 1 fully saturated rings. The summed E-state index contributed by atoms with van der Waals surface area (Å²) in [7, 11) is 0. The highest BCUT2D eigenvalue weighted by molar-refractivity contribution is 6.34. The molecule has 8 heteroatoms. The Kier molecular flexibility index (Phi) is 3.93. The zero-order chi connectivity index (χ0) is 14.2. The molecule has 1 amide bonds. The third-order valence-corrected chi connectivity index (χ3v) is 3.37. The van der Waals surface area contributed by atoms with Gasteiger partial charge >= 0.3 is 5.97 Å². The van der Waals surface area contributed by atoms with Crippen LogP contribution in [0.1, 0.15) is 16.8 Å². The number of hydrogen-bond donors (Lipinski definition) is 2. The zero-order valence-electron chi connectivity index (χ0n) is 9.58. The number of likely N-dealkylation sites (tertiary alicyclic amines) is 1. The van der Waals surface area contributed by atoms with Crippen LogP contribution in [0.5, 0.6) is 0 Å². The maximum Gasteiger partial charge on any atom is 0.326 e. The molecule has 0 radical (unpaired) electrons. The lowest BCUT2D eigenvalue weighted by atomic mass is 10.2. The van der Waals surface area contributed by atoms with Crippen molar-refractivity contribution in [1.29, 1.82) is 0 Å². The minimum atomic E-state index is -1.16. The van der Waals surface area contributed by atoms with Crippen molar-refractivity contribution in [2.45, 2.75) is 18.6 Å². The molecular formula is C11H10Cl2N2O4. The fourth-order valence-electron chi connectivity index (χ4n) is 2.00. The molecule has 2 rings (SSSR count). The minimum absolute atomic E-state index is 0.000287. The molecule has 102 valence electrons. The molecule has 0 aromatic carbocycles. The number of pyridine rings is 1. The fourth-order valence-corrected chi connectivity index (χ4v) is 2.42. The summed E-state index contributed by atoms with van der Waals surface area (Å²) in [6.45, 7) is -0.0469. The van der Waals surface area contributed by atoms with E-state index in [9.17, 15) is 14.7 Å². The van der Waals surface area contributed by atoms with Gasteiger partial charge in [-0.3, -0.25) is 4.79 Å². The van der Waals surface area contributed by atoms with Crippen molar-refractivity contribution < 1.29 is 19.8 Å². The van der Waals surface area contributed by atoms with Gasteiger partial charge in [0.2, 0.25) is 0 Å². The second-order valence-corrected chi connectivity index (χ2v) is 4.92. The number of β-amino-alcohol motifs (C(OH)–C–C–N with tert-alkyl or cyclic N) is 1. The molecule has 2 N–H and O–H groups in total. The molecule has 1 aromatic heterocycles. The first-order chi connectivity index (χ1) is 8.90. The number of aromatic nitrogens is 1. The number of rotatable bonds is 2. The summed E-state index contributed by atoms with van der Waals surface area (Å²) in [5.41, 5.74) is 0.0615. The maximum absolute atomic E-state index is 12.2. The van der Waals surface area contributed by atoms with Gasteiger partial charge in [0, 0.05) is 13.0 Å². The summed E-state index contributed by atoms with van der Waals surface area (Å²) in [5.74, 6) is -1.75. The molecule has 6 nitrogen and oxygen atoms in total. The van der Waals surface area contributed by atoms with Gasteiger partial charge in [0.05, 0.1) is 11.7 Å². The SMILES string of the molecule is O=C(O)[C@H]1C[C@@H](O)CN1C(=O)c1ccc(Cl)nc1Cl. The number of aliphatic carboxylic acids is 1. The average molecular weight is 305 g/mol. The van der Waals surface area contributed by atoms with Crippen LogP contribution in [0.4, 0.5) is 0 Å². The second-order valence-electron chi connectivity index (χ2n) is 4.17. The Morgan fingerprint density at radius 3 is 2.63 bits per heavy atom. The lowest BCUT2D eigenvalue weighted by Crippen LogP contribution is -2.40. The molecule has 1 saturated heterocycles. The van der Waals surface area contributed by atoms with Gasteiger partial charge in [-0.15, -0.1) is 0 Å². The van der Waals surface area contributed by atoms with E-state index in [4.69, 9.17) is 28.3 Å². The van der Waals surface area contributed by atoms with Crippen molar-refractivity contribution in [2.24, 2.45) is 0 Å². The number of halogens is 2. The quantitative estimate of drug-likeness (QED) is 0.797. The van der Waals surface area contributed by atoms with E-state index in [1.807, 2.05) is 0 Å². The first-order valence-electron chi connectivity index (χ1n) is 5.44. The standard InChI is InChI=1S/C11H10Cl2N2O4/c12-8-2-1-6(9(13)14-8)10(17)15-4-5(16)3-7(15)11(18)19/h1-2,5,7,16H,3-4H2,(H,18,19)/t5-,7-/m1/s1. The van der Waals surface area contributed by atoms with E-state index in [2.05, 4.69) is 4.98 Å². The van der Waals surface area contributed by atoms with Gasteiger partial charge in [-0.1, -0.05) is 23.2 Å². The van der Waals surface area contributed by atoms with Crippen LogP contribution < -0.4 is 0 Å². The largest absolute Gasteiger partial charge is 0.480 e. The Hall–Kier alpha value is -1.37. The summed E-state index contributed by atoms with van der Waals surface area (Å²) in [6.07, 6.45) is -0.858. The molecule has 0 aliphatic carbocycles. The van der Waals surface area contributed by atoms with Crippen molar-refractivity contribution in [1.82, 2.24) is 9.88 Å². The molecule has 2 heterocycles. The van der Waals surface area contributed by atoms with Gasteiger partial charge < -0.3 is 15.1 Å². The molecule has 1 aliphatic heterocycles. The highest BCUT2D eigenvalue weighted by atomic mass is 35.5. The number of aliphatic hydroxyl groups excluding tert-OH is 1. The van der Waals surface area contributed by atoms with E-state index in [-0.39, 0.29) is 28.8 Å². The molecule has 1 aromatic rings. The van der Waals surface area contributed by atoms with Crippen LogP contribution in [0.25, 0.3) is 0 Å². The predicted octanol–water partition coefficient (Wildman–Crippen LogP) is 1.05. The van der Waals surface area contributed by atoms with E-state index >= 15 is 0 Å². The van der Waals surface area contributed by atoms with Crippen LogP contribution in [0.15, 0.2) is 12.1 Å². The summed E-state index contributed by atoms with van der Waals surface area (Å²) in [5, 5.41) is 18.6. The Morgan fingerprint density at radius 2 is 2.05 bits per heavy atom. The predicted molar refractivity (Wildman–Crippen MR) is 67.3 cm³/mol. The molecule has 1 aliphatic rings. The van der Waals surface area contributed by atoms with Crippen LogP contribution in [0.2, 0.25) is 10.3 Å². The summed E-state index contributed by atoms with van der Waals surface area (Å²) < 4.78 is 0. The van der Waals surface area contributed by atoms with Crippen LogP contribution in [-0.2, 0) is 4.79 Å². The monoisotopic (exact) mass is 304 g/mol. The van der Waals surface area contributed by atoms with Crippen molar-refractivity contribution in [3.05, 3.63) is 28.0 Å². The zero-order valence-corrected chi connectivity index (χ0v) is 11.1. The number of nitrogens with zero attached hydrogens (tertiary/aromatic N) is 2. The van der Waals surface area contributed by atoms with Gasteiger partial charge in [0.15, 0.2) is 0 Å². The molecule has 0 bridgehead atoms. The van der Waals surface area contributed by atoms with E-state index < -0.39 is 24.0 Å². The van der Waals surface area contributed by atoms with Gasteiger partial charge in [-0.2, -0.15) is 0 Å². The van der Waals surface area contributed by atoms with E-state index in [1.165, 1.54) is 12.1 Å². The number of aliphatic hydroxyl groups is 1. The molecular weight excluding hydrogens is 295 g/mol. The van der Waals surface area contributed by atoms with Gasteiger partial charge in [-0.25, -0.2) is 9.78 Å². The van der Waals surface area contributed by atoms with Gasteiger partial charge in [-0.05, 0) is 12.1 Å². The van der Waals surface area contributed by atoms with Gasteiger partial charge in [0.1, 0.15) is 16.3 Å². The Morgan fingerprint density at radius 1 is 1.37 bits per heavy atom. The molecule has 0 saturated carbocycles. The summed E-state index contributed by atoms with van der Waals surface area (Å²) in [6, 6.07) is 1.71. The number of carbonyl (C=O) groups excluding carboxylic acids is 1. The third kappa shape index (κ3) is 2.80. The number of carbonyl (C=O) groups is 2. The van der Waals surface area contributed by atoms with Crippen LogP contribution >= 0.6 is 23.2 Å². The van der Waals surface area contributed by atoms with E-state index in [0.717, 1.165) is 4.90 Å². The Labute approximate surface area is 118 Å². The third-order valence-electron chi connectivity index (χ3n) is 2.87. The molecule has 19 heavy (non-hydrogen) atoms. The highest BCUT2D eigenvalue weighted by Gasteiger charge is 2.39. The van der Waals surface area contributed by atoms with Crippen LogP contribution in [0, 0.1) is 0 Å². The molecule has 2 atom stereocenters. The van der Waals surface area contributed by atoms with Crippen molar-refractivity contribution >= 4 is 35.1 Å². The first kappa shape index (κ1) is 14.0. The summed E-state index contributed by atoms with van der Waals surface area (Å²) >= 11 is 11.4. The lowest BCUT2D eigenvalue weighted by molar-refractivity contribution is -0.141. The van der Waals surface area contributed by atoms with Crippen LogP contribution in [-0.4, -0.2) is 50.7 Å². The van der Waals surface area contributed by atoms with E-state index in [1.54, 1.807) is 0 Å². The topological polar surface area (TPSA) is 90.7 Å². The number of carboxylic acid groups (broad SMARTS) is 1. The van der Waals surface area contributed by atoms with Crippen molar-refractivity contribution in [2.75, 3.05) is 6.54 Å². The Balaban J connectivity index is 2.30. The van der Waals surface area contributed by atoms with Gasteiger partial charge in [0.25, 0.3) is 5.91 Å². The van der Waals surface area contributed by atoms with Crippen molar-refractivity contribution in [3.8, 4) is 0 Å². The average Bonchev–Trinajstić information content (AvgIpc) is 2.70. The normalized spacial score (nSPS) is 22.6. The lowest BCUT2D eigenvalue weighted by Gasteiger charge is -2.21. The van der Waals surface area contributed by atoms with E-state index in [0.29, 0.717) is 0 Å². The molecule has 0 spiro atoms. The van der Waals surface area contributed by atoms with Crippen molar-refractivity contribution in [3.63, 3.8) is 0 Å². The fraction of sp³-hybridized carbons (Fsp3) is 0.364. The minimum Gasteiger partial charge on any atom is -0.480 e. The number of carboxylic acids is 1. The number of hydrogen-bond acceptors (Lipinski definition) is 4. The smallest absolute Gasteiger partial charge is 0.326 e. The first-order valence-corrected chi connectivity index (χ1v) is 6.19. The Bertz CT molecular complexity index is 537. The number of amides is 1. The second kappa shape index (κ2) is 5.32. The summed E-state index contributed by atoms with van der Waals surface area (Å²) in [4.78, 5) is 28.1. The molecule has 0 unspecified atom stereocenters. The highest BCUT2D eigenvalue weighted by Crippen LogP contribution is 2.24.